The number of ether oxygens (including phenoxy) is 1. The molecular formula is C23H29N3O3. The van der Waals surface area contributed by atoms with Gasteiger partial charge in [0.25, 0.3) is 0 Å². The second kappa shape index (κ2) is 9.56. The first kappa shape index (κ1) is 20.9. The van der Waals surface area contributed by atoms with Gasteiger partial charge in [-0.15, -0.1) is 0 Å². The third kappa shape index (κ3) is 5.57. The molecule has 0 aromatic heterocycles. The Morgan fingerprint density at radius 1 is 1.14 bits per heavy atom. The van der Waals surface area contributed by atoms with Crippen LogP contribution in [-0.4, -0.2) is 53.8 Å². The highest BCUT2D eigenvalue weighted by molar-refractivity contribution is 5.88. The number of nitrogens with zero attached hydrogens (tertiary/aromatic N) is 2. The Morgan fingerprint density at radius 2 is 1.79 bits per heavy atom. The molecule has 154 valence electrons. The highest BCUT2D eigenvalue weighted by Crippen LogP contribution is 2.22. The first-order valence-electron chi connectivity index (χ1n) is 10.0. The summed E-state index contributed by atoms with van der Waals surface area (Å²) >= 11 is 0. The van der Waals surface area contributed by atoms with E-state index in [1.807, 2.05) is 54.6 Å². The number of amides is 2. The van der Waals surface area contributed by atoms with Crippen molar-refractivity contribution in [2.45, 2.75) is 38.9 Å². The van der Waals surface area contributed by atoms with Gasteiger partial charge in [-0.05, 0) is 43.7 Å². The van der Waals surface area contributed by atoms with Crippen LogP contribution >= 0.6 is 0 Å². The summed E-state index contributed by atoms with van der Waals surface area (Å²) in [6.07, 6.45) is 0.190. The van der Waals surface area contributed by atoms with Gasteiger partial charge in [0.15, 0.2) is 0 Å². The minimum atomic E-state index is -0.402. The Morgan fingerprint density at radius 3 is 2.45 bits per heavy atom. The monoisotopic (exact) mass is 395 g/mol. The van der Waals surface area contributed by atoms with Crippen LogP contribution in [0.25, 0.3) is 0 Å². The van der Waals surface area contributed by atoms with Crippen LogP contribution in [-0.2, 0) is 16.1 Å². The number of nitrogens with one attached hydrogen (secondary N) is 1. The summed E-state index contributed by atoms with van der Waals surface area (Å²) in [6.45, 7) is 6.00. The highest BCUT2D eigenvalue weighted by Gasteiger charge is 2.33. The summed E-state index contributed by atoms with van der Waals surface area (Å²) in [5.41, 5.74) is 1.01. The van der Waals surface area contributed by atoms with Crippen LogP contribution in [0, 0.1) is 0 Å². The van der Waals surface area contributed by atoms with E-state index in [2.05, 4.69) is 24.1 Å². The smallest absolute Gasteiger partial charge is 0.237 e. The van der Waals surface area contributed by atoms with Crippen molar-refractivity contribution in [3.05, 3.63) is 60.2 Å². The van der Waals surface area contributed by atoms with Crippen LogP contribution in [0.3, 0.4) is 0 Å². The number of hydrogen-bond donors (Lipinski definition) is 1. The molecule has 2 aromatic rings. The molecule has 1 fully saturated rings. The van der Waals surface area contributed by atoms with Crippen LogP contribution in [0.4, 0.5) is 0 Å². The van der Waals surface area contributed by atoms with Gasteiger partial charge >= 0.3 is 0 Å². The van der Waals surface area contributed by atoms with E-state index in [1.54, 1.807) is 11.9 Å². The van der Waals surface area contributed by atoms with Crippen LogP contribution in [0.2, 0.25) is 0 Å². The van der Waals surface area contributed by atoms with Crippen LogP contribution in [0.1, 0.15) is 25.8 Å². The molecule has 6 nitrogen and oxygen atoms in total. The molecule has 2 aromatic carbocycles. The number of hydrogen-bond acceptors (Lipinski definition) is 4. The number of carbonyl (C=O) groups excluding carboxylic acids is 2. The molecule has 0 aliphatic carbocycles. The number of para-hydroxylation sites is 1. The van der Waals surface area contributed by atoms with Crippen molar-refractivity contribution in [3.8, 4) is 11.5 Å². The third-order valence-electron chi connectivity index (χ3n) is 5.15. The molecule has 0 radical (unpaired) electrons. The lowest BCUT2D eigenvalue weighted by atomic mass is 10.1. The predicted octanol–water partition coefficient (Wildman–Crippen LogP) is 3.04. The maximum atomic E-state index is 12.7. The quantitative estimate of drug-likeness (QED) is 0.783. The number of rotatable bonds is 7. The lowest BCUT2D eigenvalue weighted by Crippen LogP contribution is -2.58. The summed E-state index contributed by atoms with van der Waals surface area (Å²) in [7, 11) is 1.77. The van der Waals surface area contributed by atoms with Gasteiger partial charge in [0.1, 0.15) is 11.5 Å². The number of benzene rings is 2. The topological polar surface area (TPSA) is 61.9 Å². The zero-order valence-corrected chi connectivity index (χ0v) is 17.3. The Bertz CT molecular complexity index is 821. The number of carbonyl (C=O) groups is 2. The van der Waals surface area contributed by atoms with Gasteiger partial charge in [-0.25, -0.2) is 0 Å². The summed E-state index contributed by atoms with van der Waals surface area (Å²) in [6, 6.07) is 17.1. The summed E-state index contributed by atoms with van der Waals surface area (Å²) < 4.78 is 5.80. The Kier molecular flexibility index (Phi) is 6.88. The zero-order chi connectivity index (χ0) is 20.8. The van der Waals surface area contributed by atoms with E-state index in [9.17, 15) is 9.59 Å². The van der Waals surface area contributed by atoms with E-state index < -0.39 is 6.04 Å². The summed E-state index contributed by atoms with van der Waals surface area (Å²) in [5.74, 6) is 1.44. The van der Waals surface area contributed by atoms with Gasteiger partial charge in [0, 0.05) is 32.7 Å². The largest absolute Gasteiger partial charge is 0.457 e. The summed E-state index contributed by atoms with van der Waals surface area (Å²) in [5, 5.41) is 2.87. The SMILES string of the molecule is CC(C)N1CCNC(=O)[C@@H]1CC(=O)N(C)Cc1ccc(Oc2ccccc2)cc1. The lowest BCUT2D eigenvalue weighted by Gasteiger charge is -2.38. The second-order valence-corrected chi connectivity index (χ2v) is 7.65. The van der Waals surface area contributed by atoms with Crippen molar-refractivity contribution >= 4 is 11.8 Å². The van der Waals surface area contributed by atoms with E-state index >= 15 is 0 Å². The van der Waals surface area contributed by atoms with Crippen molar-refractivity contribution < 1.29 is 14.3 Å². The molecule has 2 amide bonds. The van der Waals surface area contributed by atoms with Crippen molar-refractivity contribution in [1.29, 1.82) is 0 Å². The van der Waals surface area contributed by atoms with Crippen LogP contribution in [0.15, 0.2) is 54.6 Å². The third-order valence-corrected chi connectivity index (χ3v) is 5.15. The van der Waals surface area contributed by atoms with Crippen molar-refractivity contribution in [3.63, 3.8) is 0 Å². The standard InChI is InChI=1S/C23H29N3O3/c1-17(2)26-14-13-24-23(28)21(26)15-22(27)25(3)16-18-9-11-20(12-10-18)29-19-7-5-4-6-8-19/h4-12,17,21H,13-16H2,1-3H3,(H,24,28)/t21-/m0/s1. The van der Waals surface area contributed by atoms with Crippen molar-refractivity contribution in [2.75, 3.05) is 20.1 Å². The van der Waals surface area contributed by atoms with E-state index in [0.29, 0.717) is 13.1 Å². The second-order valence-electron chi connectivity index (χ2n) is 7.65. The molecule has 1 atom stereocenters. The Labute approximate surface area is 172 Å². The predicted molar refractivity (Wildman–Crippen MR) is 113 cm³/mol. The molecule has 0 spiro atoms. The molecular weight excluding hydrogens is 366 g/mol. The zero-order valence-electron chi connectivity index (χ0n) is 17.3. The van der Waals surface area contributed by atoms with Gasteiger partial charge in [-0.1, -0.05) is 30.3 Å². The average Bonchev–Trinajstić information content (AvgIpc) is 2.71. The molecule has 0 saturated carbocycles. The molecule has 29 heavy (non-hydrogen) atoms. The fourth-order valence-electron chi connectivity index (χ4n) is 3.53. The minimum Gasteiger partial charge on any atom is -0.457 e. The Balaban J connectivity index is 1.57. The van der Waals surface area contributed by atoms with Gasteiger partial charge in [-0.2, -0.15) is 0 Å². The van der Waals surface area contributed by atoms with Gasteiger partial charge in [-0.3, -0.25) is 14.5 Å². The maximum Gasteiger partial charge on any atom is 0.237 e. The highest BCUT2D eigenvalue weighted by atomic mass is 16.5. The van der Waals surface area contributed by atoms with Crippen molar-refractivity contribution in [2.24, 2.45) is 0 Å². The molecule has 0 bridgehead atoms. The van der Waals surface area contributed by atoms with E-state index in [-0.39, 0.29) is 24.3 Å². The fraction of sp³-hybridized carbons (Fsp3) is 0.391. The molecule has 3 rings (SSSR count). The normalized spacial score (nSPS) is 17.1. The first-order valence-corrected chi connectivity index (χ1v) is 10.0. The van der Waals surface area contributed by atoms with Crippen LogP contribution in [0.5, 0.6) is 11.5 Å². The summed E-state index contributed by atoms with van der Waals surface area (Å²) in [4.78, 5) is 28.8. The molecule has 1 aliphatic heterocycles. The van der Waals surface area contributed by atoms with Gasteiger partial charge < -0.3 is 15.0 Å². The first-order chi connectivity index (χ1) is 13.9. The minimum absolute atomic E-state index is 0.0395. The van der Waals surface area contributed by atoms with Crippen LogP contribution < -0.4 is 10.1 Å². The van der Waals surface area contributed by atoms with Crippen molar-refractivity contribution in [1.82, 2.24) is 15.1 Å². The number of piperazine rings is 1. The van der Waals surface area contributed by atoms with E-state index in [0.717, 1.165) is 23.6 Å². The average molecular weight is 396 g/mol. The Hall–Kier alpha value is -2.86. The molecule has 1 aliphatic rings. The molecule has 1 heterocycles. The lowest BCUT2D eigenvalue weighted by molar-refractivity contribution is -0.139. The molecule has 1 N–H and O–H groups in total. The van der Waals surface area contributed by atoms with E-state index in [1.165, 1.54) is 0 Å². The fourth-order valence-corrected chi connectivity index (χ4v) is 3.53. The molecule has 6 heteroatoms. The maximum absolute atomic E-state index is 12.7. The van der Waals surface area contributed by atoms with Gasteiger partial charge in [0.2, 0.25) is 11.8 Å². The van der Waals surface area contributed by atoms with Gasteiger partial charge in [0.05, 0.1) is 12.5 Å². The molecule has 1 saturated heterocycles. The van der Waals surface area contributed by atoms with E-state index in [4.69, 9.17) is 4.74 Å². The molecule has 0 unspecified atom stereocenters.